The van der Waals surface area contributed by atoms with Crippen LogP contribution in [0.3, 0.4) is 0 Å². The summed E-state index contributed by atoms with van der Waals surface area (Å²) in [7, 11) is 0. The maximum atomic E-state index is 10.6. The molecule has 3 nitrogen and oxygen atoms in total. The van der Waals surface area contributed by atoms with Crippen LogP contribution in [0.5, 0.6) is 0 Å². The molecule has 0 radical (unpaired) electrons. The number of amides is 1. The van der Waals surface area contributed by atoms with E-state index in [0.717, 1.165) is 19.3 Å². The van der Waals surface area contributed by atoms with Crippen molar-refractivity contribution in [3.05, 3.63) is 0 Å². The van der Waals surface area contributed by atoms with Gasteiger partial charge in [0.1, 0.15) is 0 Å². The molecular formula is C9H20N2O. The van der Waals surface area contributed by atoms with Crippen LogP contribution < -0.4 is 11.1 Å². The zero-order chi connectivity index (χ0) is 9.56. The third-order valence-corrected chi connectivity index (χ3v) is 1.75. The summed E-state index contributed by atoms with van der Waals surface area (Å²) in [5.41, 5.74) is 5.59. The molecule has 0 spiro atoms. The number of hydrogen-bond acceptors (Lipinski definition) is 2. The molecule has 2 unspecified atom stereocenters. The molecule has 0 saturated carbocycles. The van der Waals surface area contributed by atoms with Crippen molar-refractivity contribution < 1.29 is 4.79 Å². The fourth-order valence-corrected chi connectivity index (χ4v) is 1.17. The van der Waals surface area contributed by atoms with Gasteiger partial charge in [-0.1, -0.05) is 0 Å². The van der Waals surface area contributed by atoms with Gasteiger partial charge in [0, 0.05) is 19.0 Å². The van der Waals surface area contributed by atoms with Crippen molar-refractivity contribution in [3.63, 3.8) is 0 Å². The Morgan fingerprint density at radius 3 is 2.42 bits per heavy atom. The molecule has 0 aliphatic carbocycles. The first-order valence-corrected chi connectivity index (χ1v) is 4.55. The van der Waals surface area contributed by atoms with Crippen LogP contribution in [0.15, 0.2) is 0 Å². The lowest BCUT2D eigenvalue weighted by molar-refractivity contribution is -0.119. The minimum atomic E-state index is 0.0447. The van der Waals surface area contributed by atoms with Gasteiger partial charge in [-0.3, -0.25) is 4.79 Å². The van der Waals surface area contributed by atoms with Gasteiger partial charge in [-0.05, 0) is 33.1 Å². The minimum Gasteiger partial charge on any atom is -0.354 e. The van der Waals surface area contributed by atoms with Gasteiger partial charge in [0.15, 0.2) is 0 Å². The Kier molecular flexibility index (Phi) is 5.72. The first kappa shape index (κ1) is 11.4. The topological polar surface area (TPSA) is 55.1 Å². The van der Waals surface area contributed by atoms with E-state index in [1.165, 1.54) is 0 Å². The Balaban J connectivity index is 3.31. The minimum absolute atomic E-state index is 0.0447. The molecule has 0 aromatic carbocycles. The summed E-state index contributed by atoms with van der Waals surface area (Å²) in [6.07, 6.45) is 3.13. The van der Waals surface area contributed by atoms with Crippen LogP contribution in [-0.2, 0) is 4.79 Å². The summed E-state index contributed by atoms with van der Waals surface area (Å²) < 4.78 is 0. The highest BCUT2D eigenvalue weighted by Gasteiger charge is 2.03. The van der Waals surface area contributed by atoms with Crippen LogP contribution >= 0.6 is 0 Å². The Morgan fingerprint density at radius 2 is 2.00 bits per heavy atom. The molecule has 0 aliphatic rings. The lowest BCUT2D eigenvalue weighted by Crippen LogP contribution is -2.30. The third-order valence-electron chi connectivity index (χ3n) is 1.75. The van der Waals surface area contributed by atoms with Crippen molar-refractivity contribution in [1.82, 2.24) is 5.32 Å². The molecular weight excluding hydrogens is 152 g/mol. The van der Waals surface area contributed by atoms with E-state index >= 15 is 0 Å². The Labute approximate surface area is 74.7 Å². The zero-order valence-electron chi connectivity index (χ0n) is 8.26. The molecule has 72 valence electrons. The fraction of sp³-hybridized carbons (Fsp3) is 0.889. The first-order chi connectivity index (χ1) is 5.52. The molecule has 3 N–H and O–H groups in total. The molecule has 0 aliphatic heterocycles. The Bertz CT molecular complexity index is 134. The van der Waals surface area contributed by atoms with E-state index in [4.69, 9.17) is 5.73 Å². The van der Waals surface area contributed by atoms with Gasteiger partial charge < -0.3 is 11.1 Å². The molecule has 0 bridgehead atoms. The summed E-state index contributed by atoms with van der Waals surface area (Å²) in [6.45, 7) is 5.56. The predicted octanol–water partition coefficient (Wildman–Crippen LogP) is 1.03. The Morgan fingerprint density at radius 1 is 1.42 bits per heavy atom. The number of rotatable bonds is 5. The van der Waals surface area contributed by atoms with Crippen LogP contribution in [0.25, 0.3) is 0 Å². The van der Waals surface area contributed by atoms with Crippen LogP contribution in [0.4, 0.5) is 0 Å². The van der Waals surface area contributed by atoms with Gasteiger partial charge in [-0.15, -0.1) is 0 Å². The second kappa shape index (κ2) is 6.00. The average Bonchev–Trinajstić information content (AvgIpc) is 1.84. The monoisotopic (exact) mass is 172 g/mol. The van der Waals surface area contributed by atoms with Crippen molar-refractivity contribution in [2.75, 3.05) is 0 Å². The zero-order valence-corrected chi connectivity index (χ0v) is 8.26. The van der Waals surface area contributed by atoms with Crippen LogP contribution in [0.2, 0.25) is 0 Å². The van der Waals surface area contributed by atoms with Gasteiger partial charge in [-0.2, -0.15) is 0 Å². The van der Waals surface area contributed by atoms with Crippen LogP contribution in [-0.4, -0.2) is 18.0 Å². The van der Waals surface area contributed by atoms with E-state index in [-0.39, 0.29) is 18.0 Å². The largest absolute Gasteiger partial charge is 0.354 e. The highest BCUT2D eigenvalue weighted by atomic mass is 16.1. The first-order valence-electron chi connectivity index (χ1n) is 4.55. The van der Waals surface area contributed by atoms with Crippen molar-refractivity contribution in [2.45, 2.75) is 52.1 Å². The lowest BCUT2D eigenvalue weighted by atomic mass is 10.1. The highest BCUT2D eigenvalue weighted by molar-refractivity contribution is 5.73. The highest BCUT2D eigenvalue weighted by Crippen LogP contribution is 2.01. The van der Waals surface area contributed by atoms with Crippen LogP contribution in [0, 0.1) is 0 Å². The van der Waals surface area contributed by atoms with E-state index in [1.807, 2.05) is 13.8 Å². The summed E-state index contributed by atoms with van der Waals surface area (Å²) in [5.74, 6) is 0.0447. The van der Waals surface area contributed by atoms with E-state index in [0.29, 0.717) is 0 Å². The van der Waals surface area contributed by atoms with E-state index in [2.05, 4.69) is 5.32 Å². The molecule has 0 rings (SSSR count). The summed E-state index contributed by atoms with van der Waals surface area (Å²) in [5, 5.41) is 2.84. The van der Waals surface area contributed by atoms with Crippen molar-refractivity contribution in [1.29, 1.82) is 0 Å². The molecule has 0 heterocycles. The van der Waals surface area contributed by atoms with Crippen LogP contribution in [0.1, 0.15) is 40.0 Å². The molecule has 0 fully saturated rings. The smallest absolute Gasteiger partial charge is 0.217 e. The van der Waals surface area contributed by atoms with Gasteiger partial charge in [0.25, 0.3) is 0 Å². The fourth-order valence-electron chi connectivity index (χ4n) is 1.17. The molecule has 2 atom stereocenters. The average molecular weight is 172 g/mol. The number of nitrogens with one attached hydrogen (secondary N) is 1. The summed E-state index contributed by atoms with van der Waals surface area (Å²) in [4.78, 5) is 10.6. The number of nitrogens with two attached hydrogens (primary N) is 1. The van der Waals surface area contributed by atoms with E-state index in [9.17, 15) is 4.79 Å². The number of carbonyl (C=O) groups is 1. The normalized spacial score (nSPS) is 15.3. The summed E-state index contributed by atoms with van der Waals surface area (Å²) in [6, 6.07) is 0.552. The maximum Gasteiger partial charge on any atom is 0.217 e. The SMILES string of the molecule is CC(=O)NC(C)CCCC(C)N. The van der Waals surface area contributed by atoms with E-state index < -0.39 is 0 Å². The lowest BCUT2D eigenvalue weighted by Gasteiger charge is -2.12. The van der Waals surface area contributed by atoms with Crippen molar-refractivity contribution in [2.24, 2.45) is 5.73 Å². The van der Waals surface area contributed by atoms with Gasteiger partial charge in [0.05, 0.1) is 0 Å². The quantitative estimate of drug-likeness (QED) is 0.650. The molecule has 0 saturated heterocycles. The standard InChI is InChI=1S/C9H20N2O/c1-7(10)5-4-6-8(2)11-9(3)12/h7-8H,4-6,10H2,1-3H3,(H,11,12). The molecule has 0 aromatic heterocycles. The van der Waals surface area contributed by atoms with E-state index in [1.54, 1.807) is 6.92 Å². The third kappa shape index (κ3) is 7.54. The number of carbonyl (C=O) groups excluding carboxylic acids is 1. The second-order valence-corrected chi connectivity index (χ2v) is 3.51. The van der Waals surface area contributed by atoms with Gasteiger partial charge in [0.2, 0.25) is 5.91 Å². The Hall–Kier alpha value is -0.570. The number of hydrogen-bond donors (Lipinski definition) is 2. The van der Waals surface area contributed by atoms with Gasteiger partial charge in [-0.25, -0.2) is 0 Å². The van der Waals surface area contributed by atoms with Gasteiger partial charge >= 0.3 is 0 Å². The maximum absolute atomic E-state index is 10.6. The molecule has 3 heteroatoms. The molecule has 12 heavy (non-hydrogen) atoms. The van der Waals surface area contributed by atoms with Crippen molar-refractivity contribution in [3.8, 4) is 0 Å². The van der Waals surface area contributed by atoms with Crippen molar-refractivity contribution >= 4 is 5.91 Å². The molecule has 1 amide bonds. The predicted molar refractivity (Wildman–Crippen MR) is 50.8 cm³/mol. The second-order valence-electron chi connectivity index (χ2n) is 3.51. The summed E-state index contributed by atoms with van der Waals surface area (Å²) >= 11 is 0. The molecule has 0 aromatic rings.